The fourth-order valence-electron chi connectivity index (χ4n) is 4.41. The van der Waals surface area contributed by atoms with E-state index >= 15 is 0 Å². The molecule has 2 aliphatic rings. The first-order valence-electron chi connectivity index (χ1n) is 12.8. The summed E-state index contributed by atoms with van der Waals surface area (Å²) in [6.07, 6.45) is -18.0. The van der Waals surface area contributed by atoms with Crippen LogP contribution in [-0.2, 0) is 76.2 Å². The number of ether oxygens (including phenoxy) is 9. The number of azide groups is 1. The van der Waals surface area contributed by atoms with Gasteiger partial charge in [-0.05, 0) is 5.53 Å². The predicted octanol–water partition coefficient (Wildman–Crippen LogP) is -0.562. The number of rotatable bonds is 11. The second-order valence-corrected chi connectivity index (χ2v) is 9.31. The molecule has 0 aromatic rings. The number of carboxylic acids is 1. The van der Waals surface area contributed by atoms with E-state index in [2.05, 4.69) is 10.0 Å². The van der Waals surface area contributed by atoms with Crippen molar-refractivity contribution in [1.29, 1.82) is 0 Å². The van der Waals surface area contributed by atoms with Crippen LogP contribution in [0.15, 0.2) is 5.11 Å². The number of esters is 6. The van der Waals surface area contributed by atoms with Crippen LogP contribution in [0.25, 0.3) is 10.4 Å². The second-order valence-electron chi connectivity index (χ2n) is 9.31. The summed E-state index contributed by atoms with van der Waals surface area (Å²) in [6, 6.07) is 0. The topological polar surface area (TPSA) is 272 Å². The molecule has 244 valence electrons. The molecule has 20 nitrogen and oxygen atoms in total. The van der Waals surface area contributed by atoms with Crippen LogP contribution in [-0.4, -0.2) is 115 Å². The van der Waals surface area contributed by atoms with Crippen molar-refractivity contribution in [3.8, 4) is 0 Å². The minimum Gasteiger partial charge on any atom is -0.479 e. The molecule has 0 aliphatic carbocycles. The van der Waals surface area contributed by atoms with Gasteiger partial charge in [0.2, 0.25) is 0 Å². The van der Waals surface area contributed by atoms with E-state index in [0.717, 1.165) is 41.5 Å². The number of nitrogens with zero attached hydrogens (tertiary/aromatic N) is 3. The molecule has 0 unspecified atom stereocenters. The van der Waals surface area contributed by atoms with Crippen LogP contribution < -0.4 is 0 Å². The molecule has 0 aromatic heterocycles. The zero-order valence-electron chi connectivity index (χ0n) is 24.3. The van der Waals surface area contributed by atoms with E-state index in [1.807, 2.05) is 0 Å². The van der Waals surface area contributed by atoms with Gasteiger partial charge in [0.1, 0.15) is 18.8 Å². The first-order chi connectivity index (χ1) is 20.5. The van der Waals surface area contributed by atoms with Crippen molar-refractivity contribution < 1.29 is 81.3 Å². The SMILES string of the molecule is CC(=O)OC[C@H]1O[C@H](O[C@@H]2[C@@H](OC(C)=O)[C@H](N=[N+]=[N-])O[C@H](C(=O)O)[C@H]2OC(C)=O)[C@@H](OC(C)=O)[C@@H](OC(C)=O)[C@@H]1OC(C)=O. The maximum Gasteiger partial charge on any atom is 0.336 e. The summed E-state index contributed by atoms with van der Waals surface area (Å²) in [5, 5.41) is 13.1. The number of carboxylic acid groups (broad SMARTS) is 1. The Kier molecular flexibility index (Phi) is 12.8. The summed E-state index contributed by atoms with van der Waals surface area (Å²) in [4.78, 5) is 86.6. The number of hydrogen-bond donors (Lipinski definition) is 1. The first kappa shape index (κ1) is 35.7. The van der Waals surface area contributed by atoms with Gasteiger partial charge in [-0.1, -0.05) is 5.11 Å². The third-order valence-corrected chi connectivity index (χ3v) is 5.77. The van der Waals surface area contributed by atoms with Gasteiger partial charge >= 0.3 is 41.8 Å². The predicted molar refractivity (Wildman–Crippen MR) is 133 cm³/mol. The summed E-state index contributed by atoms with van der Waals surface area (Å²) in [6.45, 7) is 5.24. The van der Waals surface area contributed by atoms with Gasteiger partial charge in [-0.2, -0.15) is 0 Å². The molecule has 0 amide bonds. The monoisotopic (exact) mass is 633 g/mol. The highest BCUT2D eigenvalue weighted by molar-refractivity contribution is 5.75. The Bertz CT molecular complexity index is 1160. The van der Waals surface area contributed by atoms with Crippen LogP contribution in [0.4, 0.5) is 0 Å². The van der Waals surface area contributed by atoms with Gasteiger partial charge in [-0.15, -0.1) is 0 Å². The molecule has 2 rings (SSSR count). The molecule has 10 atom stereocenters. The van der Waals surface area contributed by atoms with E-state index in [4.69, 9.17) is 48.2 Å². The molecule has 20 heteroatoms. The van der Waals surface area contributed by atoms with Crippen LogP contribution in [0.5, 0.6) is 0 Å². The zero-order chi connectivity index (χ0) is 33.3. The molecule has 0 spiro atoms. The normalized spacial score (nSPS) is 31.2. The number of aliphatic carboxylic acids is 1. The molecule has 44 heavy (non-hydrogen) atoms. The molecule has 2 saturated heterocycles. The Balaban J connectivity index is 2.75. The van der Waals surface area contributed by atoms with Gasteiger partial charge in [0.25, 0.3) is 0 Å². The molecule has 0 radical (unpaired) electrons. The van der Waals surface area contributed by atoms with Gasteiger partial charge in [-0.3, -0.25) is 28.8 Å². The Morgan fingerprint density at radius 3 is 1.61 bits per heavy atom. The van der Waals surface area contributed by atoms with Gasteiger partial charge in [0.15, 0.2) is 49.1 Å². The fraction of sp³-hybridized carbons (Fsp3) is 0.708. The lowest BCUT2D eigenvalue weighted by Crippen LogP contribution is -2.67. The van der Waals surface area contributed by atoms with E-state index in [9.17, 15) is 38.7 Å². The highest BCUT2D eigenvalue weighted by Crippen LogP contribution is 2.35. The summed E-state index contributed by atoms with van der Waals surface area (Å²) < 4.78 is 48.4. The van der Waals surface area contributed by atoms with Crippen LogP contribution in [0.2, 0.25) is 0 Å². The molecule has 0 aromatic carbocycles. The number of hydrogen-bond acceptors (Lipinski definition) is 17. The van der Waals surface area contributed by atoms with E-state index < -0.39 is 110 Å². The van der Waals surface area contributed by atoms with Crippen molar-refractivity contribution >= 4 is 41.8 Å². The van der Waals surface area contributed by atoms with Crippen molar-refractivity contribution in [1.82, 2.24) is 0 Å². The lowest BCUT2D eigenvalue weighted by atomic mass is 9.95. The van der Waals surface area contributed by atoms with Crippen molar-refractivity contribution in [2.24, 2.45) is 5.11 Å². The largest absolute Gasteiger partial charge is 0.479 e. The molecule has 1 N–H and O–H groups in total. The molecular weight excluding hydrogens is 602 g/mol. The third-order valence-electron chi connectivity index (χ3n) is 5.77. The smallest absolute Gasteiger partial charge is 0.336 e. The van der Waals surface area contributed by atoms with Crippen LogP contribution in [0.1, 0.15) is 41.5 Å². The average Bonchev–Trinajstić information content (AvgIpc) is 2.87. The van der Waals surface area contributed by atoms with E-state index in [1.54, 1.807) is 0 Å². The minimum atomic E-state index is -2.07. The Hall–Kier alpha value is -4.52. The van der Waals surface area contributed by atoms with Gasteiger partial charge in [-0.25, -0.2) is 4.79 Å². The maximum absolute atomic E-state index is 12.2. The van der Waals surface area contributed by atoms with E-state index in [1.165, 1.54) is 0 Å². The molecule has 0 saturated carbocycles. The molecule has 2 fully saturated rings. The number of carbonyl (C=O) groups is 7. The minimum absolute atomic E-state index is 0.634. The standard InChI is InChI=1S/C24H31N3O17/c1-8(28)36-7-14-15(37-9(2)29)16(38-10(3)30)21(41-13(6)33)24(42-14)44-17-18(39-11(4)31)20(23(34)35)43-22(26-27-25)19(17)40-12(5)32/h14-22,24H,7H2,1-6H3,(H,34,35)/t14-,15-,16+,17+,18+,19-,20+,21+,22-,24-/m1/s1. The highest BCUT2D eigenvalue weighted by atomic mass is 16.8. The van der Waals surface area contributed by atoms with Crippen molar-refractivity contribution in [3.63, 3.8) is 0 Å². The lowest BCUT2D eigenvalue weighted by molar-refractivity contribution is -0.342. The van der Waals surface area contributed by atoms with Gasteiger partial charge in [0, 0.05) is 46.5 Å². The highest BCUT2D eigenvalue weighted by Gasteiger charge is 2.58. The fourth-order valence-corrected chi connectivity index (χ4v) is 4.41. The van der Waals surface area contributed by atoms with Gasteiger partial charge in [0.05, 0.1) is 0 Å². The summed E-state index contributed by atoms with van der Waals surface area (Å²) in [7, 11) is 0. The lowest BCUT2D eigenvalue weighted by Gasteiger charge is -2.47. The molecule has 2 heterocycles. The van der Waals surface area contributed by atoms with Crippen LogP contribution >= 0.6 is 0 Å². The Morgan fingerprint density at radius 1 is 0.659 bits per heavy atom. The maximum atomic E-state index is 12.2. The summed E-state index contributed by atoms with van der Waals surface area (Å²) in [5.41, 5.74) is 9.06. The molecule has 2 aliphatic heterocycles. The Morgan fingerprint density at radius 2 is 1.14 bits per heavy atom. The second kappa shape index (κ2) is 15.8. The zero-order valence-corrected chi connectivity index (χ0v) is 24.3. The first-order valence-corrected chi connectivity index (χ1v) is 12.8. The summed E-state index contributed by atoms with van der Waals surface area (Å²) in [5.74, 6) is -7.39. The van der Waals surface area contributed by atoms with Crippen LogP contribution in [0.3, 0.4) is 0 Å². The van der Waals surface area contributed by atoms with E-state index in [0.29, 0.717) is 0 Å². The van der Waals surface area contributed by atoms with Gasteiger partial charge < -0.3 is 47.7 Å². The van der Waals surface area contributed by atoms with Crippen molar-refractivity contribution in [3.05, 3.63) is 10.4 Å². The van der Waals surface area contributed by atoms with Crippen molar-refractivity contribution in [2.75, 3.05) is 6.61 Å². The number of carbonyl (C=O) groups excluding carboxylic acids is 6. The third kappa shape index (κ3) is 9.76. The quantitative estimate of drug-likeness (QED) is 0.0981. The van der Waals surface area contributed by atoms with E-state index in [-0.39, 0.29) is 0 Å². The molecule has 0 bridgehead atoms. The Labute approximate surface area is 248 Å². The summed E-state index contributed by atoms with van der Waals surface area (Å²) >= 11 is 0. The van der Waals surface area contributed by atoms with Crippen molar-refractivity contribution in [2.45, 2.75) is 103 Å². The molecular formula is C24H31N3O17. The van der Waals surface area contributed by atoms with Crippen LogP contribution in [0, 0.1) is 0 Å². The average molecular weight is 634 g/mol.